The molecule has 6 nitrogen and oxygen atoms in total. The van der Waals surface area contributed by atoms with Crippen molar-refractivity contribution in [1.29, 1.82) is 0 Å². The van der Waals surface area contributed by atoms with Gasteiger partial charge in [0, 0.05) is 31.9 Å². The average molecular weight is 440 g/mol. The molecular weight excluding hydrogens is 414 g/mol. The molecule has 1 fully saturated rings. The largest absolute Gasteiger partial charge is 0.339 e. The number of hydrogen-bond donors (Lipinski definition) is 0. The fourth-order valence-corrected chi connectivity index (χ4v) is 7.20. The van der Waals surface area contributed by atoms with Gasteiger partial charge in [0.15, 0.2) is 0 Å². The normalized spacial score (nSPS) is 20.7. The molecule has 1 aromatic rings. The molecule has 0 saturated carbocycles. The fourth-order valence-electron chi connectivity index (χ4n) is 3.81. The topological polar surface area (TPSA) is 70.1 Å². The summed E-state index contributed by atoms with van der Waals surface area (Å²) in [5.41, 5.74) is 2.45. The van der Waals surface area contributed by atoms with E-state index in [1.165, 1.54) is 33.6 Å². The lowest BCUT2D eigenvalue weighted by Gasteiger charge is -2.34. The molecular formula is C19H25N3O3S3. The number of fused-ring (bicyclic) bond motifs is 1. The Balaban J connectivity index is 1.35. The van der Waals surface area contributed by atoms with Crippen LogP contribution in [-0.2, 0) is 27.7 Å². The number of hydrogen-bond acceptors (Lipinski definition) is 6. The summed E-state index contributed by atoms with van der Waals surface area (Å²) in [6.45, 7) is 2.43. The summed E-state index contributed by atoms with van der Waals surface area (Å²) >= 11 is 3.19. The standard InChI is InChI=1S/C19H25N3O3S3/c23-18(14-27-19-20-7-12-26-19)21-8-10-22(11-9-21)28(24,25)17-6-5-15-3-1-2-4-16(15)13-17/h5-6,13H,1-4,7-12,14H2. The molecule has 1 aliphatic carbocycles. The van der Waals surface area contributed by atoms with Crippen LogP contribution < -0.4 is 0 Å². The van der Waals surface area contributed by atoms with Crippen LogP contribution in [0.4, 0.5) is 0 Å². The predicted molar refractivity (Wildman–Crippen MR) is 116 cm³/mol. The molecule has 0 spiro atoms. The summed E-state index contributed by atoms with van der Waals surface area (Å²) < 4.78 is 28.6. The lowest BCUT2D eigenvalue weighted by Crippen LogP contribution is -2.51. The Morgan fingerprint density at radius 2 is 1.86 bits per heavy atom. The Morgan fingerprint density at radius 1 is 1.11 bits per heavy atom. The van der Waals surface area contributed by atoms with Crippen LogP contribution in [0.1, 0.15) is 24.0 Å². The van der Waals surface area contributed by atoms with Crippen molar-refractivity contribution in [1.82, 2.24) is 9.21 Å². The van der Waals surface area contributed by atoms with E-state index < -0.39 is 10.0 Å². The molecule has 1 saturated heterocycles. The van der Waals surface area contributed by atoms with Crippen LogP contribution in [0, 0.1) is 0 Å². The Morgan fingerprint density at radius 3 is 2.57 bits per heavy atom. The zero-order chi connectivity index (χ0) is 19.6. The van der Waals surface area contributed by atoms with Crippen LogP contribution in [0.15, 0.2) is 28.1 Å². The molecule has 1 amide bonds. The maximum absolute atomic E-state index is 13.0. The van der Waals surface area contributed by atoms with Crippen molar-refractivity contribution in [2.24, 2.45) is 4.99 Å². The number of thioether (sulfide) groups is 2. The summed E-state index contributed by atoms with van der Waals surface area (Å²) in [6.07, 6.45) is 4.31. The second kappa shape index (κ2) is 8.77. The molecule has 0 N–H and O–H groups in total. The number of carbonyl (C=O) groups is 1. The number of carbonyl (C=O) groups excluding carboxylic acids is 1. The third kappa shape index (κ3) is 4.42. The second-order valence-corrected chi connectivity index (χ2v) is 11.5. The van der Waals surface area contributed by atoms with Crippen LogP contribution in [0.25, 0.3) is 0 Å². The van der Waals surface area contributed by atoms with Crippen LogP contribution >= 0.6 is 23.5 Å². The summed E-state index contributed by atoms with van der Waals surface area (Å²) in [4.78, 5) is 18.9. The maximum Gasteiger partial charge on any atom is 0.243 e. The van der Waals surface area contributed by atoms with Gasteiger partial charge in [-0.15, -0.1) is 0 Å². The molecule has 2 aliphatic heterocycles. The van der Waals surface area contributed by atoms with Gasteiger partial charge in [0.1, 0.15) is 4.38 Å². The van der Waals surface area contributed by atoms with E-state index in [0.717, 1.165) is 35.9 Å². The van der Waals surface area contributed by atoms with Crippen molar-refractivity contribution in [2.75, 3.05) is 44.2 Å². The number of piperazine rings is 1. The van der Waals surface area contributed by atoms with Gasteiger partial charge >= 0.3 is 0 Å². The highest BCUT2D eigenvalue weighted by molar-refractivity contribution is 8.39. The first kappa shape index (κ1) is 20.3. The third-order valence-corrected chi connectivity index (χ3v) is 9.56. The lowest BCUT2D eigenvalue weighted by molar-refractivity contribution is -0.129. The van der Waals surface area contributed by atoms with Crippen molar-refractivity contribution in [3.63, 3.8) is 0 Å². The zero-order valence-electron chi connectivity index (χ0n) is 15.8. The highest BCUT2D eigenvalue weighted by Crippen LogP contribution is 2.26. The molecule has 4 rings (SSSR count). The number of benzene rings is 1. The van der Waals surface area contributed by atoms with Gasteiger partial charge in [0.05, 0.1) is 17.2 Å². The molecule has 3 aliphatic rings. The minimum absolute atomic E-state index is 0.0611. The van der Waals surface area contributed by atoms with E-state index in [0.29, 0.717) is 36.8 Å². The third-order valence-electron chi connectivity index (χ3n) is 5.43. The molecule has 0 bridgehead atoms. The summed E-state index contributed by atoms with van der Waals surface area (Å²) in [5, 5.41) is 0. The van der Waals surface area contributed by atoms with Crippen LogP contribution in [0.5, 0.6) is 0 Å². The molecule has 0 radical (unpaired) electrons. The molecule has 152 valence electrons. The van der Waals surface area contributed by atoms with Gasteiger partial charge in [0.25, 0.3) is 0 Å². The SMILES string of the molecule is O=C(CSC1=NCCS1)N1CCN(S(=O)(=O)c2ccc3c(c2)CCCC3)CC1. The van der Waals surface area contributed by atoms with E-state index >= 15 is 0 Å². The van der Waals surface area contributed by atoms with E-state index in [1.54, 1.807) is 22.7 Å². The maximum atomic E-state index is 13.0. The van der Waals surface area contributed by atoms with Crippen molar-refractivity contribution in [2.45, 2.75) is 30.6 Å². The van der Waals surface area contributed by atoms with Crippen molar-refractivity contribution in [3.05, 3.63) is 29.3 Å². The van der Waals surface area contributed by atoms with Gasteiger partial charge < -0.3 is 4.90 Å². The number of aliphatic imine (C=N–C) groups is 1. The monoisotopic (exact) mass is 439 g/mol. The van der Waals surface area contributed by atoms with E-state index in [1.807, 2.05) is 12.1 Å². The van der Waals surface area contributed by atoms with E-state index in [9.17, 15) is 13.2 Å². The molecule has 28 heavy (non-hydrogen) atoms. The average Bonchev–Trinajstić information content (AvgIpc) is 3.25. The van der Waals surface area contributed by atoms with E-state index in [4.69, 9.17) is 0 Å². The summed E-state index contributed by atoms with van der Waals surface area (Å²) in [6, 6.07) is 5.58. The predicted octanol–water partition coefficient (Wildman–Crippen LogP) is 2.23. The number of nitrogens with zero attached hydrogens (tertiary/aromatic N) is 3. The lowest BCUT2D eigenvalue weighted by atomic mass is 9.92. The van der Waals surface area contributed by atoms with Crippen molar-refractivity contribution >= 4 is 43.8 Å². The molecule has 2 heterocycles. The van der Waals surface area contributed by atoms with Gasteiger partial charge in [-0.25, -0.2) is 8.42 Å². The second-order valence-electron chi connectivity index (χ2n) is 7.21. The van der Waals surface area contributed by atoms with Crippen LogP contribution in [0.3, 0.4) is 0 Å². The molecule has 1 aromatic carbocycles. The van der Waals surface area contributed by atoms with E-state index in [2.05, 4.69) is 4.99 Å². The molecule has 0 atom stereocenters. The molecule has 9 heteroatoms. The quantitative estimate of drug-likeness (QED) is 0.720. The number of rotatable bonds is 4. The Kier molecular flexibility index (Phi) is 6.34. The van der Waals surface area contributed by atoms with Crippen molar-refractivity contribution < 1.29 is 13.2 Å². The van der Waals surface area contributed by atoms with Gasteiger partial charge in [-0.1, -0.05) is 29.6 Å². The smallest absolute Gasteiger partial charge is 0.243 e. The Labute approximate surface area is 175 Å². The number of aryl methyl sites for hydroxylation is 2. The highest BCUT2D eigenvalue weighted by Gasteiger charge is 2.30. The van der Waals surface area contributed by atoms with Gasteiger partial charge in [-0.2, -0.15) is 4.31 Å². The summed E-state index contributed by atoms with van der Waals surface area (Å²) in [7, 11) is -3.50. The first-order chi connectivity index (χ1) is 13.5. The number of sulfonamides is 1. The fraction of sp³-hybridized carbons (Fsp3) is 0.579. The minimum atomic E-state index is -3.50. The van der Waals surface area contributed by atoms with Gasteiger partial charge in [-0.3, -0.25) is 9.79 Å². The Bertz CT molecular complexity index is 878. The molecule has 0 aromatic heterocycles. The first-order valence-electron chi connectivity index (χ1n) is 9.74. The van der Waals surface area contributed by atoms with E-state index in [-0.39, 0.29) is 5.91 Å². The number of amides is 1. The highest BCUT2D eigenvalue weighted by atomic mass is 32.2. The molecule has 0 unspecified atom stereocenters. The van der Waals surface area contributed by atoms with Gasteiger partial charge in [-0.05, 0) is 48.9 Å². The van der Waals surface area contributed by atoms with Crippen LogP contribution in [0.2, 0.25) is 0 Å². The van der Waals surface area contributed by atoms with Crippen molar-refractivity contribution in [3.8, 4) is 0 Å². The Hall–Kier alpha value is -1.03. The van der Waals surface area contributed by atoms with Crippen LogP contribution in [-0.4, -0.2) is 72.1 Å². The summed E-state index contributed by atoms with van der Waals surface area (Å²) in [5.74, 6) is 1.44. The zero-order valence-corrected chi connectivity index (χ0v) is 18.3. The van der Waals surface area contributed by atoms with Gasteiger partial charge in [0.2, 0.25) is 15.9 Å². The minimum Gasteiger partial charge on any atom is -0.339 e. The first-order valence-corrected chi connectivity index (χ1v) is 13.1.